The van der Waals surface area contributed by atoms with Crippen LogP contribution in [0.4, 0.5) is 5.13 Å². The Morgan fingerprint density at radius 1 is 1.30 bits per heavy atom. The standard InChI is InChI=1S/C16H23N3S/c1-16(7-3-2-4-8-16)11-18-10-12-5-6-13-14(9-12)20-15(17)19-13/h5-6,9,18H,2-4,7-8,10-11H2,1H3,(H2,17,19). The van der Waals surface area contributed by atoms with E-state index in [1.54, 1.807) is 11.3 Å². The average Bonchev–Trinajstić information content (AvgIpc) is 2.79. The van der Waals surface area contributed by atoms with E-state index in [2.05, 4.69) is 35.4 Å². The van der Waals surface area contributed by atoms with Crippen LogP contribution in [0.25, 0.3) is 10.2 Å². The third-order valence-corrected chi connectivity index (χ3v) is 5.26. The zero-order valence-electron chi connectivity index (χ0n) is 12.1. The van der Waals surface area contributed by atoms with Crippen LogP contribution in [0.5, 0.6) is 0 Å². The molecule has 4 heteroatoms. The molecule has 3 nitrogen and oxygen atoms in total. The number of hydrogen-bond acceptors (Lipinski definition) is 4. The van der Waals surface area contributed by atoms with Crippen LogP contribution in [-0.4, -0.2) is 11.5 Å². The maximum atomic E-state index is 5.75. The van der Waals surface area contributed by atoms with Crippen molar-refractivity contribution in [1.82, 2.24) is 10.3 Å². The number of aromatic nitrogens is 1. The molecule has 3 rings (SSSR count). The Kier molecular flexibility index (Phi) is 3.94. The van der Waals surface area contributed by atoms with Gasteiger partial charge in [-0.15, -0.1) is 0 Å². The Morgan fingerprint density at radius 2 is 2.10 bits per heavy atom. The van der Waals surface area contributed by atoms with Crippen LogP contribution in [0.15, 0.2) is 18.2 Å². The normalized spacial score (nSPS) is 18.4. The van der Waals surface area contributed by atoms with Crippen molar-refractivity contribution in [3.05, 3.63) is 23.8 Å². The van der Waals surface area contributed by atoms with Gasteiger partial charge in [0.1, 0.15) is 0 Å². The van der Waals surface area contributed by atoms with E-state index in [9.17, 15) is 0 Å². The van der Waals surface area contributed by atoms with Gasteiger partial charge in [-0.25, -0.2) is 4.98 Å². The number of hydrogen-bond donors (Lipinski definition) is 2. The molecule has 1 aliphatic rings. The van der Waals surface area contributed by atoms with Gasteiger partial charge in [0.2, 0.25) is 0 Å². The molecule has 0 saturated heterocycles. The summed E-state index contributed by atoms with van der Waals surface area (Å²) in [5.74, 6) is 0. The quantitative estimate of drug-likeness (QED) is 0.896. The molecule has 3 N–H and O–H groups in total. The molecule has 0 unspecified atom stereocenters. The van der Waals surface area contributed by atoms with Gasteiger partial charge in [-0.05, 0) is 36.0 Å². The first-order valence-corrected chi connectivity index (χ1v) is 8.32. The van der Waals surface area contributed by atoms with Crippen molar-refractivity contribution >= 4 is 26.7 Å². The molecule has 1 fully saturated rings. The second kappa shape index (κ2) is 5.70. The second-order valence-electron chi connectivity index (χ2n) is 6.33. The number of benzene rings is 1. The summed E-state index contributed by atoms with van der Waals surface area (Å²) in [5.41, 5.74) is 8.57. The van der Waals surface area contributed by atoms with Crippen molar-refractivity contribution in [2.75, 3.05) is 12.3 Å². The summed E-state index contributed by atoms with van der Waals surface area (Å²) in [7, 11) is 0. The van der Waals surface area contributed by atoms with Crippen molar-refractivity contribution in [1.29, 1.82) is 0 Å². The molecule has 1 heterocycles. The molecule has 20 heavy (non-hydrogen) atoms. The Hall–Kier alpha value is -1.13. The maximum absolute atomic E-state index is 5.75. The van der Waals surface area contributed by atoms with Gasteiger partial charge in [-0.1, -0.05) is 43.6 Å². The minimum absolute atomic E-state index is 0.497. The number of nitrogens with two attached hydrogens (primary N) is 1. The smallest absolute Gasteiger partial charge is 0.181 e. The molecule has 0 radical (unpaired) electrons. The summed E-state index contributed by atoms with van der Waals surface area (Å²) in [6, 6.07) is 6.43. The first-order valence-electron chi connectivity index (χ1n) is 7.50. The van der Waals surface area contributed by atoms with Gasteiger partial charge in [-0.3, -0.25) is 0 Å². The molecule has 0 amide bonds. The Bertz CT molecular complexity index is 584. The fourth-order valence-corrected chi connectivity index (χ4v) is 3.99. The van der Waals surface area contributed by atoms with Crippen LogP contribution < -0.4 is 11.1 Å². The third-order valence-electron chi connectivity index (χ3n) is 4.41. The van der Waals surface area contributed by atoms with Gasteiger partial charge in [-0.2, -0.15) is 0 Å². The van der Waals surface area contributed by atoms with E-state index in [1.165, 1.54) is 42.4 Å². The molecule has 0 atom stereocenters. The summed E-state index contributed by atoms with van der Waals surface area (Å²) in [6.07, 6.45) is 6.93. The van der Waals surface area contributed by atoms with Crippen molar-refractivity contribution < 1.29 is 0 Å². The number of anilines is 1. The maximum Gasteiger partial charge on any atom is 0.181 e. The van der Waals surface area contributed by atoms with Gasteiger partial charge in [0, 0.05) is 13.1 Å². The molecule has 0 spiro atoms. The number of nitrogens with one attached hydrogen (secondary N) is 1. The van der Waals surface area contributed by atoms with Crippen LogP contribution in [0.2, 0.25) is 0 Å². The van der Waals surface area contributed by atoms with Gasteiger partial charge < -0.3 is 11.1 Å². The Morgan fingerprint density at radius 3 is 2.90 bits per heavy atom. The highest BCUT2D eigenvalue weighted by Gasteiger charge is 2.25. The molecular formula is C16H23N3S. The zero-order chi connectivity index (χ0) is 14.0. The minimum Gasteiger partial charge on any atom is -0.375 e. The lowest BCUT2D eigenvalue weighted by Gasteiger charge is -2.33. The summed E-state index contributed by atoms with van der Waals surface area (Å²) in [5, 5.41) is 4.29. The number of nitrogen functional groups attached to an aromatic ring is 1. The van der Waals surface area contributed by atoms with Gasteiger partial charge in [0.05, 0.1) is 10.2 Å². The SMILES string of the molecule is CC1(CNCc2ccc3nc(N)sc3c2)CCCCC1. The zero-order valence-corrected chi connectivity index (χ0v) is 12.9. The van der Waals surface area contributed by atoms with E-state index in [1.807, 2.05) is 0 Å². The van der Waals surface area contributed by atoms with Gasteiger partial charge in [0.15, 0.2) is 5.13 Å². The van der Waals surface area contributed by atoms with E-state index < -0.39 is 0 Å². The molecule has 108 valence electrons. The van der Waals surface area contributed by atoms with Crippen molar-refractivity contribution in [3.63, 3.8) is 0 Å². The number of nitrogens with zero attached hydrogens (tertiary/aromatic N) is 1. The van der Waals surface area contributed by atoms with Crippen molar-refractivity contribution in [3.8, 4) is 0 Å². The van der Waals surface area contributed by atoms with E-state index in [4.69, 9.17) is 5.73 Å². The highest BCUT2D eigenvalue weighted by molar-refractivity contribution is 7.22. The van der Waals surface area contributed by atoms with Crippen LogP contribution >= 0.6 is 11.3 Å². The molecule has 1 aromatic heterocycles. The molecule has 2 aromatic rings. The number of rotatable bonds is 4. The fraction of sp³-hybridized carbons (Fsp3) is 0.562. The van der Waals surface area contributed by atoms with E-state index in [-0.39, 0.29) is 0 Å². The third kappa shape index (κ3) is 3.13. The first-order chi connectivity index (χ1) is 9.65. The Labute approximate surface area is 124 Å². The van der Waals surface area contributed by atoms with E-state index in [0.717, 1.165) is 18.6 Å². The lowest BCUT2D eigenvalue weighted by molar-refractivity contribution is 0.207. The molecule has 0 aliphatic heterocycles. The summed E-state index contributed by atoms with van der Waals surface area (Å²) >= 11 is 1.57. The monoisotopic (exact) mass is 289 g/mol. The number of thiazole rings is 1. The van der Waals surface area contributed by atoms with Gasteiger partial charge in [0.25, 0.3) is 0 Å². The second-order valence-corrected chi connectivity index (χ2v) is 7.39. The number of fused-ring (bicyclic) bond motifs is 1. The van der Waals surface area contributed by atoms with Crippen LogP contribution in [0.3, 0.4) is 0 Å². The summed E-state index contributed by atoms with van der Waals surface area (Å²) in [6.45, 7) is 4.48. The predicted octanol–water partition coefficient (Wildman–Crippen LogP) is 3.94. The van der Waals surface area contributed by atoms with Crippen molar-refractivity contribution in [2.45, 2.75) is 45.6 Å². The van der Waals surface area contributed by atoms with Crippen molar-refractivity contribution in [2.24, 2.45) is 5.41 Å². The first kappa shape index (κ1) is 13.8. The van der Waals surface area contributed by atoms with Crippen LogP contribution in [0, 0.1) is 5.41 Å². The lowest BCUT2D eigenvalue weighted by Crippen LogP contribution is -2.33. The lowest BCUT2D eigenvalue weighted by atomic mass is 9.76. The Balaban J connectivity index is 1.59. The van der Waals surface area contributed by atoms with Gasteiger partial charge >= 0.3 is 0 Å². The average molecular weight is 289 g/mol. The fourth-order valence-electron chi connectivity index (χ4n) is 3.19. The van der Waals surface area contributed by atoms with Crippen LogP contribution in [-0.2, 0) is 6.54 Å². The predicted molar refractivity (Wildman–Crippen MR) is 86.9 cm³/mol. The minimum atomic E-state index is 0.497. The topological polar surface area (TPSA) is 50.9 Å². The van der Waals surface area contributed by atoms with Crippen LogP contribution in [0.1, 0.15) is 44.6 Å². The molecule has 1 aromatic carbocycles. The highest BCUT2D eigenvalue weighted by Crippen LogP contribution is 2.35. The van der Waals surface area contributed by atoms with E-state index >= 15 is 0 Å². The van der Waals surface area contributed by atoms with E-state index in [0.29, 0.717) is 10.5 Å². The molecule has 0 bridgehead atoms. The summed E-state index contributed by atoms with van der Waals surface area (Å²) < 4.78 is 1.19. The summed E-state index contributed by atoms with van der Waals surface area (Å²) in [4.78, 5) is 4.29. The highest BCUT2D eigenvalue weighted by atomic mass is 32.1. The molecular weight excluding hydrogens is 266 g/mol. The largest absolute Gasteiger partial charge is 0.375 e. The molecule has 1 saturated carbocycles. The molecule has 1 aliphatic carbocycles.